The van der Waals surface area contributed by atoms with Crippen LogP contribution in [0.5, 0.6) is 0 Å². The first kappa shape index (κ1) is 11.1. The van der Waals surface area contributed by atoms with Gasteiger partial charge in [0.1, 0.15) is 5.01 Å². The van der Waals surface area contributed by atoms with Crippen LogP contribution in [0.2, 0.25) is 0 Å². The molecular formula is C12H20N2S. The van der Waals surface area contributed by atoms with Gasteiger partial charge in [-0.05, 0) is 31.2 Å². The molecule has 3 heteroatoms. The maximum absolute atomic E-state index is 4.75. The molecule has 2 nitrogen and oxygen atoms in total. The van der Waals surface area contributed by atoms with Crippen molar-refractivity contribution in [2.24, 2.45) is 5.92 Å². The first-order valence-corrected chi connectivity index (χ1v) is 6.79. The zero-order valence-electron chi connectivity index (χ0n) is 9.79. The normalized spacial score (nSPS) is 18.4. The first-order chi connectivity index (χ1) is 7.22. The maximum Gasteiger partial charge on any atom is 0.110 e. The number of hydrogen-bond donors (Lipinski definition) is 1. The molecule has 1 fully saturated rings. The van der Waals surface area contributed by atoms with E-state index < -0.39 is 0 Å². The summed E-state index contributed by atoms with van der Waals surface area (Å²) in [6, 6.07) is 0.521. The van der Waals surface area contributed by atoms with Crippen LogP contribution in [0.1, 0.15) is 56.3 Å². The summed E-state index contributed by atoms with van der Waals surface area (Å²) >= 11 is 1.82. The molecule has 0 aromatic carbocycles. The molecular weight excluding hydrogens is 204 g/mol. The Balaban J connectivity index is 2.10. The van der Waals surface area contributed by atoms with Crippen molar-refractivity contribution in [1.29, 1.82) is 0 Å². The van der Waals surface area contributed by atoms with E-state index in [9.17, 15) is 0 Å². The van der Waals surface area contributed by atoms with Crippen LogP contribution >= 0.6 is 11.3 Å². The van der Waals surface area contributed by atoms with Crippen molar-refractivity contribution in [2.45, 2.75) is 45.6 Å². The summed E-state index contributed by atoms with van der Waals surface area (Å²) in [5, 5.41) is 7.07. The summed E-state index contributed by atoms with van der Waals surface area (Å²) in [6.45, 7) is 7.63. The van der Waals surface area contributed by atoms with E-state index in [1.54, 1.807) is 0 Å². The third-order valence-electron chi connectivity index (χ3n) is 2.91. The van der Waals surface area contributed by atoms with Crippen LogP contribution in [0.3, 0.4) is 0 Å². The number of thiazole rings is 1. The molecule has 1 aliphatic rings. The van der Waals surface area contributed by atoms with Crippen molar-refractivity contribution in [3.63, 3.8) is 0 Å². The van der Waals surface area contributed by atoms with Crippen LogP contribution in [-0.4, -0.2) is 11.5 Å². The first-order valence-electron chi connectivity index (χ1n) is 5.91. The van der Waals surface area contributed by atoms with Gasteiger partial charge in [0.05, 0.1) is 11.7 Å². The number of rotatable bonds is 5. The lowest BCUT2D eigenvalue weighted by Crippen LogP contribution is -2.22. The predicted molar refractivity (Wildman–Crippen MR) is 65.3 cm³/mol. The van der Waals surface area contributed by atoms with Crippen LogP contribution in [0.15, 0.2) is 5.38 Å². The SMILES string of the molecule is CCNC(c1nc(C(C)C)cs1)C1CC1. The largest absolute Gasteiger partial charge is 0.308 e. The summed E-state index contributed by atoms with van der Waals surface area (Å²) in [4.78, 5) is 4.75. The second-order valence-corrected chi connectivity index (χ2v) is 5.53. The molecule has 1 heterocycles. The second-order valence-electron chi connectivity index (χ2n) is 4.64. The highest BCUT2D eigenvalue weighted by Crippen LogP contribution is 2.42. The minimum atomic E-state index is 0.521. The Morgan fingerprint density at radius 2 is 2.27 bits per heavy atom. The van der Waals surface area contributed by atoms with Crippen molar-refractivity contribution in [3.8, 4) is 0 Å². The third kappa shape index (κ3) is 2.58. The molecule has 0 aliphatic heterocycles. The van der Waals surface area contributed by atoms with E-state index in [1.807, 2.05) is 11.3 Å². The van der Waals surface area contributed by atoms with Gasteiger partial charge in [-0.3, -0.25) is 0 Å². The topological polar surface area (TPSA) is 24.9 Å². The van der Waals surface area contributed by atoms with Gasteiger partial charge < -0.3 is 5.32 Å². The summed E-state index contributed by atoms with van der Waals surface area (Å²) in [7, 11) is 0. The molecule has 1 N–H and O–H groups in total. The smallest absolute Gasteiger partial charge is 0.110 e. The highest BCUT2D eigenvalue weighted by molar-refractivity contribution is 7.09. The van der Waals surface area contributed by atoms with Crippen LogP contribution < -0.4 is 5.32 Å². The van der Waals surface area contributed by atoms with E-state index in [-0.39, 0.29) is 0 Å². The monoisotopic (exact) mass is 224 g/mol. The maximum atomic E-state index is 4.75. The molecule has 84 valence electrons. The van der Waals surface area contributed by atoms with Crippen molar-refractivity contribution >= 4 is 11.3 Å². The van der Waals surface area contributed by atoms with E-state index in [1.165, 1.54) is 23.5 Å². The molecule has 2 rings (SSSR count). The van der Waals surface area contributed by atoms with Crippen LogP contribution in [0.25, 0.3) is 0 Å². The second kappa shape index (κ2) is 4.62. The van der Waals surface area contributed by atoms with E-state index in [4.69, 9.17) is 4.98 Å². The number of aromatic nitrogens is 1. The molecule has 1 aromatic heterocycles. The van der Waals surface area contributed by atoms with Gasteiger partial charge in [-0.25, -0.2) is 4.98 Å². The molecule has 1 aliphatic carbocycles. The van der Waals surface area contributed by atoms with Gasteiger partial charge in [0.15, 0.2) is 0 Å². The number of nitrogens with zero attached hydrogens (tertiary/aromatic N) is 1. The zero-order valence-corrected chi connectivity index (χ0v) is 10.6. The summed E-state index contributed by atoms with van der Waals surface area (Å²) in [5.41, 5.74) is 1.25. The minimum Gasteiger partial charge on any atom is -0.308 e. The number of nitrogens with one attached hydrogen (secondary N) is 1. The Hall–Kier alpha value is -0.410. The summed E-state index contributed by atoms with van der Waals surface area (Å²) in [6.07, 6.45) is 2.74. The molecule has 0 radical (unpaired) electrons. The van der Waals surface area contributed by atoms with Gasteiger partial charge in [-0.2, -0.15) is 0 Å². The Bertz CT molecular complexity index is 315. The minimum absolute atomic E-state index is 0.521. The molecule has 0 bridgehead atoms. The molecule has 0 amide bonds. The molecule has 15 heavy (non-hydrogen) atoms. The highest BCUT2D eigenvalue weighted by atomic mass is 32.1. The van der Waals surface area contributed by atoms with E-state index >= 15 is 0 Å². The van der Waals surface area contributed by atoms with Gasteiger partial charge in [0.2, 0.25) is 0 Å². The average molecular weight is 224 g/mol. The molecule has 1 unspecified atom stereocenters. The molecule has 1 aromatic rings. The third-order valence-corrected chi connectivity index (χ3v) is 3.86. The van der Waals surface area contributed by atoms with Gasteiger partial charge in [0, 0.05) is 5.38 Å². The van der Waals surface area contributed by atoms with Crippen LogP contribution in [0.4, 0.5) is 0 Å². The Labute approximate surface area is 96.1 Å². The van der Waals surface area contributed by atoms with Gasteiger partial charge >= 0.3 is 0 Å². The molecule has 1 saturated carbocycles. The van der Waals surface area contributed by atoms with Crippen LogP contribution in [-0.2, 0) is 0 Å². The fourth-order valence-corrected chi connectivity index (χ4v) is 2.96. The highest BCUT2D eigenvalue weighted by Gasteiger charge is 2.33. The molecule has 0 saturated heterocycles. The zero-order chi connectivity index (χ0) is 10.8. The van der Waals surface area contributed by atoms with Gasteiger partial charge in [0.25, 0.3) is 0 Å². The molecule has 1 atom stereocenters. The summed E-state index contributed by atoms with van der Waals surface area (Å²) in [5.74, 6) is 1.40. The Kier molecular flexibility index (Phi) is 3.42. The van der Waals surface area contributed by atoms with Crippen molar-refractivity contribution in [3.05, 3.63) is 16.1 Å². The van der Waals surface area contributed by atoms with Gasteiger partial charge in [-0.15, -0.1) is 11.3 Å². The van der Waals surface area contributed by atoms with E-state index in [0.717, 1.165) is 12.5 Å². The van der Waals surface area contributed by atoms with Gasteiger partial charge in [-0.1, -0.05) is 20.8 Å². The fourth-order valence-electron chi connectivity index (χ4n) is 1.81. The lowest BCUT2D eigenvalue weighted by atomic mass is 10.1. The average Bonchev–Trinajstić information content (AvgIpc) is 2.91. The van der Waals surface area contributed by atoms with E-state index in [0.29, 0.717) is 12.0 Å². The van der Waals surface area contributed by atoms with Crippen molar-refractivity contribution in [1.82, 2.24) is 10.3 Å². The van der Waals surface area contributed by atoms with E-state index in [2.05, 4.69) is 31.5 Å². The van der Waals surface area contributed by atoms with Crippen LogP contribution in [0, 0.1) is 5.92 Å². The van der Waals surface area contributed by atoms with Crippen molar-refractivity contribution in [2.75, 3.05) is 6.54 Å². The summed E-state index contributed by atoms with van der Waals surface area (Å²) < 4.78 is 0. The Morgan fingerprint density at radius 1 is 1.53 bits per heavy atom. The quantitative estimate of drug-likeness (QED) is 0.830. The predicted octanol–water partition coefficient (Wildman–Crippen LogP) is 3.33. The fraction of sp³-hybridized carbons (Fsp3) is 0.750. The van der Waals surface area contributed by atoms with Crippen molar-refractivity contribution < 1.29 is 0 Å². The number of hydrogen-bond acceptors (Lipinski definition) is 3. The Morgan fingerprint density at radius 3 is 2.73 bits per heavy atom. The standard InChI is InChI=1S/C12H20N2S/c1-4-13-11(9-5-6-9)12-14-10(7-15-12)8(2)3/h7-9,11,13H,4-6H2,1-3H3. The molecule has 0 spiro atoms. The lowest BCUT2D eigenvalue weighted by molar-refractivity contribution is 0.492. The lowest BCUT2D eigenvalue weighted by Gasteiger charge is -2.13.